The SMILES string of the molecule is Cc1nnc2ccc(N3CCC(NC(=O)c4ccc(C(F)(F)F)cc4)C3)nn12. The van der Waals surface area contributed by atoms with E-state index in [9.17, 15) is 18.0 Å². The molecule has 3 aromatic rings. The van der Waals surface area contributed by atoms with Crippen LogP contribution in [0.4, 0.5) is 19.0 Å². The van der Waals surface area contributed by atoms with Crippen molar-refractivity contribution in [3.8, 4) is 0 Å². The van der Waals surface area contributed by atoms with Crippen molar-refractivity contribution in [2.75, 3.05) is 18.0 Å². The number of fused-ring (bicyclic) bond motifs is 1. The molecule has 1 amide bonds. The zero-order valence-corrected chi connectivity index (χ0v) is 14.9. The molecule has 1 N–H and O–H groups in total. The van der Waals surface area contributed by atoms with Crippen molar-refractivity contribution in [3.63, 3.8) is 0 Å². The Balaban J connectivity index is 1.41. The van der Waals surface area contributed by atoms with Gasteiger partial charge < -0.3 is 10.2 Å². The van der Waals surface area contributed by atoms with Gasteiger partial charge in [-0.3, -0.25) is 4.79 Å². The predicted molar refractivity (Wildman–Crippen MR) is 95.0 cm³/mol. The highest BCUT2D eigenvalue weighted by Crippen LogP contribution is 2.29. The summed E-state index contributed by atoms with van der Waals surface area (Å²) in [6.45, 7) is 3.08. The molecule has 0 aliphatic carbocycles. The summed E-state index contributed by atoms with van der Waals surface area (Å²) in [5.74, 6) is 1.04. The molecule has 1 aliphatic rings. The van der Waals surface area contributed by atoms with Crippen LogP contribution >= 0.6 is 0 Å². The molecular formula is C18H17F3N6O. The van der Waals surface area contributed by atoms with Crippen LogP contribution in [0.5, 0.6) is 0 Å². The lowest BCUT2D eigenvalue weighted by Gasteiger charge is -2.18. The number of alkyl halides is 3. The number of benzene rings is 1. The van der Waals surface area contributed by atoms with Crippen molar-refractivity contribution in [1.29, 1.82) is 0 Å². The molecule has 1 fully saturated rings. The Kier molecular flexibility index (Phi) is 4.40. The van der Waals surface area contributed by atoms with Gasteiger partial charge in [0.2, 0.25) is 0 Å². The van der Waals surface area contributed by atoms with Gasteiger partial charge >= 0.3 is 6.18 Å². The maximum Gasteiger partial charge on any atom is 0.416 e. The lowest BCUT2D eigenvalue weighted by Crippen LogP contribution is -2.37. The fraction of sp³-hybridized carbons (Fsp3) is 0.333. The van der Waals surface area contributed by atoms with E-state index in [4.69, 9.17) is 0 Å². The average molecular weight is 390 g/mol. The molecule has 0 saturated carbocycles. The third-order valence-electron chi connectivity index (χ3n) is 4.73. The molecule has 1 aromatic carbocycles. The van der Waals surface area contributed by atoms with Gasteiger partial charge in [0.15, 0.2) is 11.5 Å². The minimum atomic E-state index is -4.42. The number of amides is 1. The fourth-order valence-corrected chi connectivity index (χ4v) is 3.22. The van der Waals surface area contributed by atoms with Gasteiger partial charge in [0.1, 0.15) is 5.82 Å². The van der Waals surface area contributed by atoms with E-state index < -0.39 is 17.6 Å². The van der Waals surface area contributed by atoms with Crippen LogP contribution in [0.25, 0.3) is 5.65 Å². The molecule has 146 valence electrons. The molecule has 2 aromatic heterocycles. The van der Waals surface area contributed by atoms with E-state index in [2.05, 4.69) is 20.6 Å². The van der Waals surface area contributed by atoms with E-state index in [1.54, 1.807) is 4.52 Å². The summed E-state index contributed by atoms with van der Waals surface area (Å²) in [6.07, 6.45) is -3.70. The number of nitrogens with one attached hydrogen (secondary N) is 1. The molecule has 7 nitrogen and oxygen atoms in total. The molecular weight excluding hydrogens is 373 g/mol. The molecule has 1 saturated heterocycles. The Labute approximate surface area is 158 Å². The topological polar surface area (TPSA) is 75.4 Å². The quantitative estimate of drug-likeness (QED) is 0.744. The van der Waals surface area contributed by atoms with Gasteiger partial charge in [-0.15, -0.1) is 15.3 Å². The third kappa shape index (κ3) is 3.49. The summed E-state index contributed by atoms with van der Waals surface area (Å²) in [4.78, 5) is 14.4. The lowest BCUT2D eigenvalue weighted by molar-refractivity contribution is -0.137. The Morgan fingerprint density at radius 3 is 2.61 bits per heavy atom. The molecule has 1 aliphatic heterocycles. The number of anilines is 1. The van der Waals surface area contributed by atoms with Gasteiger partial charge in [0, 0.05) is 24.7 Å². The van der Waals surface area contributed by atoms with E-state index in [1.807, 2.05) is 24.0 Å². The largest absolute Gasteiger partial charge is 0.416 e. The third-order valence-corrected chi connectivity index (χ3v) is 4.73. The van der Waals surface area contributed by atoms with Crippen molar-refractivity contribution >= 4 is 17.4 Å². The first kappa shape index (κ1) is 18.2. The molecule has 10 heteroatoms. The number of carbonyl (C=O) groups excluding carboxylic acids is 1. The Bertz CT molecular complexity index is 1010. The number of halogens is 3. The number of aryl methyl sites for hydroxylation is 1. The van der Waals surface area contributed by atoms with Gasteiger partial charge in [-0.1, -0.05) is 0 Å². The van der Waals surface area contributed by atoms with E-state index in [0.29, 0.717) is 31.0 Å². The number of nitrogens with zero attached hydrogens (tertiary/aromatic N) is 5. The van der Waals surface area contributed by atoms with Crippen LogP contribution in [-0.2, 0) is 6.18 Å². The average Bonchev–Trinajstić information content (AvgIpc) is 3.28. The first-order valence-electron chi connectivity index (χ1n) is 8.73. The summed E-state index contributed by atoms with van der Waals surface area (Å²) in [5.41, 5.74) is 0.0838. The van der Waals surface area contributed by atoms with Gasteiger partial charge in [0.25, 0.3) is 5.91 Å². The van der Waals surface area contributed by atoms with E-state index in [-0.39, 0.29) is 11.6 Å². The van der Waals surface area contributed by atoms with Crippen molar-refractivity contribution in [2.24, 2.45) is 0 Å². The van der Waals surface area contributed by atoms with Crippen molar-refractivity contribution < 1.29 is 18.0 Å². The summed E-state index contributed by atoms with van der Waals surface area (Å²) < 4.78 is 39.6. The summed E-state index contributed by atoms with van der Waals surface area (Å²) in [7, 11) is 0. The molecule has 4 rings (SSSR count). The smallest absolute Gasteiger partial charge is 0.353 e. The lowest BCUT2D eigenvalue weighted by atomic mass is 10.1. The second kappa shape index (κ2) is 6.77. The van der Waals surface area contributed by atoms with Crippen molar-refractivity contribution in [2.45, 2.75) is 25.6 Å². The molecule has 0 spiro atoms. The van der Waals surface area contributed by atoms with E-state index in [1.165, 1.54) is 12.1 Å². The van der Waals surface area contributed by atoms with Gasteiger partial charge in [-0.25, -0.2) is 0 Å². The van der Waals surface area contributed by atoms with Gasteiger partial charge in [-0.05, 0) is 49.7 Å². The fourth-order valence-electron chi connectivity index (χ4n) is 3.22. The van der Waals surface area contributed by atoms with Crippen LogP contribution in [0.1, 0.15) is 28.2 Å². The van der Waals surface area contributed by atoms with Crippen LogP contribution in [0.15, 0.2) is 36.4 Å². The summed E-state index contributed by atoms with van der Waals surface area (Å²) >= 11 is 0. The normalized spacial score (nSPS) is 17.3. The predicted octanol–water partition coefficient (Wildman–Crippen LogP) is 2.46. The zero-order chi connectivity index (χ0) is 19.9. The highest BCUT2D eigenvalue weighted by molar-refractivity contribution is 5.94. The molecule has 0 radical (unpaired) electrons. The minimum absolute atomic E-state index is 0.116. The molecule has 28 heavy (non-hydrogen) atoms. The Hall–Kier alpha value is -3.17. The standard InChI is InChI=1S/C18H17F3N6O/c1-11-23-24-15-6-7-16(25-27(11)15)26-9-8-14(10-26)22-17(28)12-2-4-13(5-3-12)18(19,20)21/h2-7,14H,8-10H2,1H3,(H,22,28). The van der Waals surface area contributed by atoms with Crippen LogP contribution in [0, 0.1) is 6.92 Å². The van der Waals surface area contributed by atoms with Crippen molar-refractivity contribution in [3.05, 3.63) is 53.3 Å². The van der Waals surface area contributed by atoms with Crippen LogP contribution < -0.4 is 10.2 Å². The number of hydrogen-bond acceptors (Lipinski definition) is 5. The number of carbonyl (C=O) groups is 1. The first-order chi connectivity index (χ1) is 13.3. The Morgan fingerprint density at radius 1 is 1.14 bits per heavy atom. The second-order valence-electron chi connectivity index (χ2n) is 6.69. The van der Waals surface area contributed by atoms with E-state index >= 15 is 0 Å². The highest BCUT2D eigenvalue weighted by atomic mass is 19.4. The monoisotopic (exact) mass is 390 g/mol. The Morgan fingerprint density at radius 2 is 1.89 bits per heavy atom. The van der Waals surface area contributed by atoms with Crippen LogP contribution in [0.3, 0.4) is 0 Å². The van der Waals surface area contributed by atoms with Crippen LogP contribution in [-0.4, -0.2) is 44.8 Å². The zero-order valence-electron chi connectivity index (χ0n) is 14.9. The maximum atomic E-state index is 12.6. The number of hydrogen-bond donors (Lipinski definition) is 1. The van der Waals surface area contributed by atoms with Gasteiger partial charge in [-0.2, -0.15) is 17.7 Å². The van der Waals surface area contributed by atoms with E-state index in [0.717, 1.165) is 18.0 Å². The first-order valence-corrected chi connectivity index (χ1v) is 8.73. The number of rotatable bonds is 3. The van der Waals surface area contributed by atoms with Crippen molar-refractivity contribution in [1.82, 2.24) is 25.1 Å². The highest BCUT2D eigenvalue weighted by Gasteiger charge is 2.30. The molecule has 1 unspecified atom stereocenters. The minimum Gasteiger partial charge on any atom is -0.353 e. The molecule has 3 heterocycles. The van der Waals surface area contributed by atoms with Gasteiger partial charge in [0.05, 0.1) is 5.56 Å². The maximum absolute atomic E-state index is 12.6. The molecule has 0 bridgehead atoms. The summed E-state index contributed by atoms with van der Waals surface area (Å²) in [6, 6.07) is 7.77. The summed E-state index contributed by atoms with van der Waals surface area (Å²) in [5, 5.41) is 15.4. The second-order valence-corrected chi connectivity index (χ2v) is 6.69. The molecule has 1 atom stereocenters. The number of aromatic nitrogens is 4. The van der Waals surface area contributed by atoms with Crippen LogP contribution in [0.2, 0.25) is 0 Å².